The van der Waals surface area contributed by atoms with Crippen LogP contribution in [0.1, 0.15) is 12.8 Å². The number of urea groups is 1. The van der Waals surface area contributed by atoms with Crippen LogP contribution >= 0.6 is 11.6 Å². The molecule has 0 spiro atoms. The number of amides is 2. The molecule has 0 radical (unpaired) electrons. The van der Waals surface area contributed by atoms with E-state index in [2.05, 4.69) is 10.6 Å². The highest BCUT2D eigenvalue weighted by atomic mass is 35.5. The van der Waals surface area contributed by atoms with Gasteiger partial charge in [0.15, 0.2) is 5.82 Å². The van der Waals surface area contributed by atoms with Crippen molar-refractivity contribution in [1.29, 1.82) is 0 Å². The molecule has 7 nitrogen and oxygen atoms in total. The second-order valence-electron chi connectivity index (χ2n) is 5.24. The monoisotopic (exact) mass is 359 g/mol. The summed E-state index contributed by atoms with van der Waals surface area (Å²) in [7, 11) is 0. The largest absolute Gasteiger partial charge is 0.481 e. The molecule has 0 atom stereocenters. The van der Waals surface area contributed by atoms with Crippen LogP contribution in [0.15, 0.2) is 12.1 Å². The van der Waals surface area contributed by atoms with Gasteiger partial charge in [-0.3, -0.25) is 4.79 Å². The average Bonchev–Trinajstić information content (AvgIpc) is 2.56. The molecular formula is C15H19ClFN3O4. The number of nitrogens with zero attached hydrogens (tertiary/aromatic N) is 1. The Kier molecular flexibility index (Phi) is 6.62. The van der Waals surface area contributed by atoms with Crippen LogP contribution in [-0.4, -0.2) is 50.0 Å². The molecule has 0 aliphatic carbocycles. The number of carbonyl (C=O) groups excluding carboxylic acids is 1. The van der Waals surface area contributed by atoms with Crippen LogP contribution in [0.4, 0.5) is 20.6 Å². The number of halogens is 2. The van der Waals surface area contributed by atoms with Crippen molar-refractivity contribution in [2.24, 2.45) is 0 Å². The molecule has 1 fully saturated rings. The third kappa shape index (κ3) is 4.97. The normalized spacial score (nSPS) is 14.3. The number of carboxylic acids is 1. The Bertz CT molecular complexity index is 609. The molecule has 0 unspecified atom stereocenters. The average molecular weight is 360 g/mol. The van der Waals surface area contributed by atoms with Crippen LogP contribution < -0.4 is 15.5 Å². The van der Waals surface area contributed by atoms with E-state index in [1.165, 1.54) is 12.1 Å². The zero-order chi connectivity index (χ0) is 17.5. The molecule has 3 N–H and O–H groups in total. The molecule has 9 heteroatoms. The van der Waals surface area contributed by atoms with Crippen LogP contribution in [-0.2, 0) is 9.53 Å². The quantitative estimate of drug-likeness (QED) is 0.678. The predicted octanol–water partition coefficient (Wildman–Crippen LogP) is 2.30. The number of aliphatic carboxylic acids is 1. The first-order valence-corrected chi connectivity index (χ1v) is 7.94. The smallest absolute Gasteiger partial charge is 0.319 e. The van der Waals surface area contributed by atoms with Crippen LogP contribution in [0.25, 0.3) is 0 Å². The zero-order valence-corrected chi connectivity index (χ0v) is 13.7. The minimum atomic E-state index is -0.924. The molecule has 0 bridgehead atoms. The number of morpholine rings is 1. The second-order valence-corrected chi connectivity index (χ2v) is 5.64. The fourth-order valence-corrected chi connectivity index (χ4v) is 2.50. The molecule has 1 saturated heterocycles. The summed E-state index contributed by atoms with van der Waals surface area (Å²) in [6, 6.07) is 2.38. The first-order valence-electron chi connectivity index (χ1n) is 7.56. The van der Waals surface area contributed by atoms with E-state index in [1.807, 2.05) is 0 Å². The Labute approximate surface area is 143 Å². The van der Waals surface area contributed by atoms with Gasteiger partial charge in [-0.1, -0.05) is 11.6 Å². The lowest BCUT2D eigenvalue weighted by Gasteiger charge is -2.31. The van der Waals surface area contributed by atoms with Crippen molar-refractivity contribution in [2.75, 3.05) is 43.1 Å². The number of benzene rings is 1. The number of carbonyl (C=O) groups is 2. The maximum Gasteiger partial charge on any atom is 0.319 e. The summed E-state index contributed by atoms with van der Waals surface area (Å²) in [6.45, 7) is 2.12. The summed E-state index contributed by atoms with van der Waals surface area (Å²) in [6.07, 6.45) is 0.281. The highest BCUT2D eigenvalue weighted by Gasteiger charge is 2.22. The summed E-state index contributed by atoms with van der Waals surface area (Å²) >= 11 is 5.86. The Hall–Kier alpha value is -2.06. The Morgan fingerprint density at radius 3 is 2.71 bits per heavy atom. The number of hydrogen-bond donors (Lipinski definition) is 3. The Morgan fingerprint density at radius 1 is 1.33 bits per heavy atom. The minimum Gasteiger partial charge on any atom is -0.481 e. The first-order chi connectivity index (χ1) is 11.5. The fraction of sp³-hybridized carbons (Fsp3) is 0.467. The van der Waals surface area contributed by atoms with Gasteiger partial charge >= 0.3 is 12.0 Å². The van der Waals surface area contributed by atoms with E-state index in [-0.39, 0.29) is 23.7 Å². The van der Waals surface area contributed by atoms with E-state index < -0.39 is 17.8 Å². The molecule has 1 heterocycles. The van der Waals surface area contributed by atoms with E-state index in [0.717, 1.165) is 0 Å². The minimum absolute atomic E-state index is 0.0242. The third-order valence-corrected chi connectivity index (χ3v) is 3.79. The molecule has 132 valence electrons. The first kappa shape index (κ1) is 18.3. The lowest BCUT2D eigenvalue weighted by molar-refractivity contribution is -0.137. The van der Waals surface area contributed by atoms with Gasteiger partial charge in [0.1, 0.15) is 0 Å². The molecule has 1 aliphatic rings. The van der Waals surface area contributed by atoms with Gasteiger partial charge in [0.25, 0.3) is 0 Å². The molecular weight excluding hydrogens is 341 g/mol. The van der Waals surface area contributed by atoms with Crippen molar-refractivity contribution in [1.82, 2.24) is 5.32 Å². The summed E-state index contributed by atoms with van der Waals surface area (Å²) in [4.78, 5) is 24.1. The lowest BCUT2D eigenvalue weighted by Crippen LogP contribution is -2.38. The fourth-order valence-electron chi connectivity index (χ4n) is 2.34. The van der Waals surface area contributed by atoms with Crippen LogP contribution in [0.2, 0.25) is 5.02 Å². The summed E-state index contributed by atoms with van der Waals surface area (Å²) in [5.41, 5.74) is 0.529. The molecule has 0 saturated carbocycles. The van der Waals surface area contributed by atoms with E-state index >= 15 is 0 Å². The zero-order valence-electron chi connectivity index (χ0n) is 13.0. The van der Waals surface area contributed by atoms with E-state index in [0.29, 0.717) is 38.4 Å². The molecule has 24 heavy (non-hydrogen) atoms. The molecule has 0 aromatic heterocycles. The number of hydrogen-bond acceptors (Lipinski definition) is 4. The lowest BCUT2D eigenvalue weighted by atomic mass is 10.2. The Balaban J connectivity index is 2.04. The van der Waals surface area contributed by atoms with Crippen molar-refractivity contribution in [3.05, 3.63) is 23.0 Å². The third-order valence-electron chi connectivity index (χ3n) is 3.50. The SMILES string of the molecule is O=C(O)CCCNC(=O)Nc1ccc(Cl)c(F)c1N1CCOCC1. The van der Waals surface area contributed by atoms with Crippen molar-refractivity contribution in [3.63, 3.8) is 0 Å². The standard InChI is InChI=1S/C15H19ClFN3O4/c16-10-3-4-11(19-15(23)18-5-1-2-12(21)22)14(13(10)17)20-6-8-24-9-7-20/h3-4H,1-2,5-9H2,(H,21,22)(H2,18,19,23). The molecule has 1 aliphatic heterocycles. The predicted molar refractivity (Wildman–Crippen MR) is 88.3 cm³/mol. The van der Waals surface area contributed by atoms with E-state index in [1.54, 1.807) is 4.90 Å². The second kappa shape index (κ2) is 8.70. The van der Waals surface area contributed by atoms with Gasteiger partial charge in [0, 0.05) is 26.1 Å². The number of anilines is 2. The van der Waals surface area contributed by atoms with Crippen molar-refractivity contribution >= 4 is 35.0 Å². The maximum absolute atomic E-state index is 14.4. The van der Waals surface area contributed by atoms with E-state index in [4.69, 9.17) is 21.4 Å². The van der Waals surface area contributed by atoms with Gasteiger partial charge in [-0.15, -0.1) is 0 Å². The molecule has 1 aromatic rings. The van der Waals surface area contributed by atoms with E-state index in [9.17, 15) is 14.0 Å². The summed E-state index contributed by atoms with van der Waals surface area (Å²) < 4.78 is 19.7. The maximum atomic E-state index is 14.4. The highest BCUT2D eigenvalue weighted by Crippen LogP contribution is 2.34. The molecule has 2 rings (SSSR count). The topological polar surface area (TPSA) is 90.9 Å². The van der Waals surface area contributed by atoms with Crippen molar-refractivity contribution < 1.29 is 23.8 Å². The van der Waals surface area contributed by atoms with Gasteiger partial charge in [0.05, 0.1) is 29.6 Å². The Morgan fingerprint density at radius 2 is 2.04 bits per heavy atom. The van der Waals surface area contributed by atoms with Gasteiger partial charge in [0.2, 0.25) is 0 Å². The van der Waals surface area contributed by atoms with Gasteiger partial charge in [-0.25, -0.2) is 9.18 Å². The van der Waals surface area contributed by atoms with Crippen LogP contribution in [0, 0.1) is 5.82 Å². The van der Waals surface area contributed by atoms with Gasteiger partial charge in [-0.2, -0.15) is 0 Å². The van der Waals surface area contributed by atoms with Crippen molar-refractivity contribution in [3.8, 4) is 0 Å². The number of ether oxygens (including phenoxy) is 1. The number of rotatable bonds is 6. The number of nitrogens with one attached hydrogen (secondary N) is 2. The molecule has 1 aromatic carbocycles. The van der Waals surface area contributed by atoms with Gasteiger partial charge < -0.3 is 25.4 Å². The van der Waals surface area contributed by atoms with Gasteiger partial charge in [-0.05, 0) is 18.6 Å². The highest BCUT2D eigenvalue weighted by molar-refractivity contribution is 6.31. The summed E-state index contributed by atoms with van der Waals surface area (Å²) in [5, 5.41) is 13.7. The molecule has 2 amide bonds. The number of carboxylic acid groups (broad SMARTS) is 1. The van der Waals surface area contributed by atoms with Crippen LogP contribution in [0.3, 0.4) is 0 Å². The van der Waals surface area contributed by atoms with Crippen LogP contribution in [0.5, 0.6) is 0 Å². The van der Waals surface area contributed by atoms with Crippen molar-refractivity contribution in [2.45, 2.75) is 12.8 Å². The summed E-state index contributed by atoms with van der Waals surface area (Å²) in [5.74, 6) is -1.52.